The summed E-state index contributed by atoms with van der Waals surface area (Å²) in [4.78, 5) is 11.2. The molecule has 0 radical (unpaired) electrons. The van der Waals surface area contributed by atoms with Gasteiger partial charge in [-0.3, -0.25) is 4.79 Å². The first kappa shape index (κ1) is 14.4. The van der Waals surface area contributed by atoms with Gasteiger partial charge in [-0.05, 0) is 24.0 Å². The van der Waals surface area contributed by atoms with Crippen molar-refractivity contribution in [3.8, 4) is 11.5 Å². The highest BCUT2D eigenvalue weighted by molar-refractivity contribution is 5.71. The van der Waals surface area contributed by atoms with Crippen LogP contribution < -0.4 is 9.47 Å². The number of carboxylic acid groups (broad SMARTS) is 1. The second kappa shape index (κ2) is 6.28. The number of rotatable bonds is 6. The zero-order valence-electron chi connectivity index (χ0n) is 11.3. The molecule has 18 heavy (non-hydrogen) atoms. The summed E-state index contributed by atoms with van der Waals surface area (Å²) in [6.07, 6.45) is 0.438. The first-order valence-corrected chi connectivity index (χ1v) is 5.94. The summed E-state index contributed by atoms with van der Waals surface area (Å²) < 4.78 is 10.5. The number of benzene rings is 1. The van der Waals surface area contributed by atoms with Crippen molar-refractivity contribution in [1.82, 2.24) is 0 Å². The number of para-hydroxylation sites is 1. The maximum atomic E-state index is 11.2. The fraction of sp³-hybridized carbons (Fsp3) is 0.500. The van der Waals surface area contributed by atoms with Crippen LogP contribution in [0.5, 0.6) is 11.5 Å². The molecule has 1 aromatic carbocycles. The normalized spacial score (nSPS) is 12.3. The molecule has 1 unspecified atom stereocenters. The molecule has 1 rings (SSSR count). The maximum absolute atomic E-state index is 11.2. The third-order valence-electron chi connectivity index (χ3n) is 3.05. The van der Waals surface area contributed by atoms with E-state index in [0.29, 0.717) is 17.9 Å². The predicted molar refractivity (Wildman–Crippen MR) is 69.2 cm³/mol. The quantitative estimate of drug-likeness (QED) is 0.845. The average molecular weight is 252 g/mol. The Bertz CT molecular complexity index is 412. The Morgan fingerprint density at radius 3 is 2.39 bits per heavy atom. The van der Waals surface area contributed by atoms with Crippen LogP contribution in [0.15, 0.2) is 18.2 Å². The van der Waals surface area contributed by atoms with E-state index in [1.165, 1.54) is 0 Å². The summed E-state index contributed by atoms with van der Waals surface area (Å²) >= 11 is 0. The van der Waals surface area contributed by atoms with Crippen LogP contribution in [0.1, 0.15) is 19.4 Å². The Kier molecular flexibility index (Phi) is 5.01. The molecule has 0 saturated heterocycles. The molecule has 0 aliphatic carbocycles. The number of ether oxygens (including phenoxy) is 2. The molecule has 1 atom stereocenters. The van der Waals surface area contributed by atoms with E-state index in [0.717, 1.165) is 5.56 Å². The largest absolute Gasteiger partial charge is 0.493 e. The topological polar surface area (TPSA) is 55.8 Å². The van der Waals surface area contributed by atoms with Crippen molar-refractivity contribution in [2.45, 2.75) is 20.3 Å². The third-order valence-corrected chi connectivity index (χ3v) is 3.05. The summed E-state index contributed by atoms with van der Waals surface area (Å²) in [6.45, 7) is 3.82. The van der Waals surface area contributed by atoms with Crippen molar-refractivity contribution in [3.63, 3.8) is 0 Å². The smallest absolute Gasteiger partial charge is 0.307 e. The van der Waals surface area contributed by atoms with Gasteiger partial charge in [0.25, 0.3) is 0 Å². The molecule has 0 aliphatic heterocycles. The van der Waals surface area contributed by atoms with Gasteiger partial charge in [-0.15, -0.1) is 0 Å². The monoisotopic (exact) mass is 252 g/mol. The van der Waals surface area contributed by atoms with Crippen LogP contribution in [0.4, 0.5) is 0 Å². The van der Waals surface area contributed by atoms with E-state index in [1.54, 1.807) is 20.3 Å². The van der Waals surface area contributed by atoms with Crippen molar-refractivity contribution in [3.05, 3.63) is 23.8 Å². The molecular weight excluding hydrogens is 232 g/mol. The van der Waals surface area contributed by atoms with Crippen molar-refractivity contribution in [1.29, 1.82) is 0 Å². The molecule has 4 heteroatoms. The van der Waals surface area contributed by atoms with Crippen LogP contribution >= 0.6 is 0 Å². The van der Waals surface area contributed by atoms with Gasteiger partial charge >= 0.3 is 5.97 Å². The number of methoxy groups -OCH3 is 2. The molecule has 0 bridgehead atoms. The minimum absolute atomic E-state index is 0.0680. The van der Waals surface area contributed by atoms with Gasteiger partial charge < -0.3 is 14.6 Å². The Morgan fingerprint density at radius 1 is 1.28 bits per heavy atom. The van der Waals surface area contributed by atoms with E-state index >= 15 is 0 Å². The second-order valence-corrected chi connectivity index (χ2v) is 4.55. The van der Waals surface area contributed by atoms with Gasteiger partial charge in [0.1, 0.15) is 0 Å². The molecule has 0 spiro atoms. The summed E-state index contributed by atoms with van der Waals surface area (Å²) in [5.41, 5.74) is 0.859. The number of aliphatic carboxylic acids is 1. The first-order chi connectivity index (χ1) is 8.51. The number of hydrogen-bond donors (Lipinski definition) is 1. The van der Waals surface area contributed by atoms with Gasteiger partial charge in [-0.25, -0.2) is 0 Å². The number of carboxylic acids is 1. The zero-order chi connectivity index (χ0) is 13.7. The lowest BCUT2D eigenvalue weighted by Crippen LogP contribution is -2.22. The van der Waals surface area contributed by atoms with E-state index in [1.807, 2.05) is 26.0 Å². The zero-order valence-corrected chi connectivity index (χ0v) is 11.3. The van der Waals surface area contributed by atoms with Crippen molar-refractivity contribution < 1.29 is 19.4 Å². The molecule has 0 aliphatic rings. The van der Waals surface area contributed by atoms with Crippen molar-refractivity contribution in [2.75, 3.05) is 14.2 Å². The predicted octanol–water partition coefficient (Wildman–Crippen LogP) is 2.60. The highest BCUT2D eigenvalue weighted by Crippen LogP contribution is 2.33. The van der Waals surface area contributed by atoms with E-state index in [-0.39, 0.29) is 5.92 Å². The number of carbonyl (C=O) groups is 1. The molecule has 0 heterocycles. The average Bonchev–Trinajstić information content (AvgIpc) is 2.34. The lowest BCUT2D eigenvalue weighted by Gasteiger charge is -2.18. The fourth-order valence-corrected chi connectivity index (χ4v) is 1.96. The van der Waals surface area contributed by atoms with Crippen LogP contribution in [-0.2, 0) is 11.2 Å². The summed E-state index contributed by atoms with van der Waals surface area (Å²) in [5, 5.41) is 9.22. The van der Waals surface area contributed by atoms with Crippen LogP contribution in [0, 0.1) is 11.8 Å². The van der Waals surface area contributed by atoms with Crippen LogP contribution in [-0.4, -0.2) is 25.3 Å². The molecular formula is C14H20O4. The van der Waals surface area contributed by atoms with E-state index in [4.69, 9.17) is 9.47 Å². The minimum Gasteiger partial charge on any atom is -0.493 e. The second-order valence-electron chi connectivity index (χ2n) is 4.55. The van der Waals surface area contributed by atoms with Gasteiger partial charge in [-0.1, -0.05) is 26.0 Å². The summed E-state index contributed by atoms with van der Waals surface area (Å²) in [7, 11) is 3.13. The van der Waals surface area contributed by atoms with Gasteiger partial charge in [0, 0.05) is 0 Å². The molecule has 1 N–H and O–H groups in total. The van der Waals surface area contributed by atoms with Crippen molar-refractivity contribution >= 4 is 5.97 Å². The Balaban J connectivity index is 3.06. The molecule has 1 aromatic rings. The van der Waals surface area contributed by atoms with Crippen LogP contribution in [0.2, 0.25) is 0 Å². The standard InChI is InChI=1S/C14H20O4/c1-9(2)11(14(15)16)8-10-6-5-7-12(17-3)13(10)18-4/h5-7,9,11H,8H2,1-4H3,(H,15,16). The Labute approximate surface area is 108 Å². The van der Waals surface area contributed by atoms with Crippen LogP contribution in [0.25, 0.3) is 0 Å². The van der Waals surface area contributed by atoms with Gasteiger partial charge in [0.2, 0.25) is 0 Å². The highest BCUT2D eigenvalue weighted by Gasteiger charge is 2.24. The lowest BCUT2D eigenvalue weighted by atomic mass is 9.89. The van der Waals surface area contributed by atoms with Gasteiger partial charge in [-0.2, -0.15) is 0 Å². The van der Waals surface area contributed by atoms with E-state index in [9.17, 15) is 9.90 Å². The molecule has 0 saturated carbocycles. The molecule has 0 fully saturated rings. The first-order valence-electron chi connectivity index (χ1n) is 5.94. The van der Waals surface area contributed by atoms with Crippen LogP contribution in [0.3, 0.4) is 0 Å². The lowest BCUT2D eigenvalue weighted by molar-refractivity contribution is -0.143. The third kappa shape index (κ3) is 3.15. The number of hydrogen-bond acceptors (Lipinski definition) is 3. The molecule has 100 valence electrons. The fourth-order valence-electron chi connectivity index (χ4n) is 1.96. The van der Waals surface area contributed by atoms with E-state index in [2.05, 4.69) is 0 Å². The maximum Gasteiger partial charge on any atom is 0.307 e. The molecule has 0 amide bonds. The SMILES string of the molecule is COc1cccc(CC(C(=O)O)C(C)C)c1OC. The summed E-state index contributed by atoms with van der Waals surface area (Å²) in [5.74, 6) is 0.106. The molecule has 4 nitrogen and oxygen atoms in total. The Morgan fingerprint density at radius 2 is 1.94 bits per heavy atom. The highest BCUT2D eigenvalue weighted by atomic mass is 16.5. The van der Waals surface area contributed by atoms with Gasteiger partial charge in [0.15, 0.2) is 11.5 Å². The summed E-state index contributed by atoms with van der Waals surface area (Å²) in [6, 6.07) is 5.52. The Hall–Kier alpha value is -1.71. The van der Waals surface area contributed by atoms with E-state index < -0.39 is 11.9 Å². The van der Waals surface area contributed by atoms with Crippen molar-refractivity contribution in [2.24, 2.45) is 11.8 Å². The van der Waals surface area contributed by atoms with Gasteiger partial charge in [0.05, 0.1) is 20.1 Å². The minimum atomic E-state index is -0.783. The molecule has 0 aromatic heterocycles.